The van der Waals surface area contributed by atoms with Gasteiger partial charge in [-0.15, -0.1) is 0 Å². The molecule has 1 aromatic heterocycles. The molecular formula is C16H22N2O. The zero-order valence-electron chi connectivity index (χ0n) is 11.5. The predicted molar refractivity (Wildman–Crippen MR) is 76.7 cm³/mol. The summed E-state index contributed by atoms with van der Waals surface area (Å²) in [5.41, 5.74) is 2.30. The molecule has 102 valence electrons. The van der Waals surface area contributed by atoms with Gasteiger partial charge in [-0.25, -0.2) is 0 Å². The van der Waals surface area contributed by atoms with Crippen molar-refractivity contribution in [2.45, 2.75) is 45.2 Å². The average Bonchev–Trinajstić information content (AvgIpc) is 2.97. The van der Waals surface area contributed by atoms with E-state index < -0.39 is 0 Å². The zero-order valence-corrected chi connectivity index (χ0v) is 11.5. The van der Waals surface area contributed by atoms with Crippen molar-refractivity contribution in [2.75, 3.05) is 0 Å². The van der Waals surface area contributed by atoms with Crippen molar-refractivity contribution in [3.63, 3.8) is 0 Å². The number of benzene rings is 1. The van der Waals surface area contributed by atoms with Gasteiger partial charge in [0.05, 0.1) is 5.69 Å². The summed E-state index contributed by atoms with van der Waals surface area (Å²) in [5.74, 6) is 0. The van der Waals surface area contributed by atoms with Crippen LogP contribution in [0.5, 0.6) is 0 Å². The molecule has 19 heavy (non-hydrogen) atoms. The molecule has 0 aliphatic rings. The van der Waals surface area contributed by atoms with Crippen molar-refractivity contribution in [1.29, 1.82) is 0 Å². The first-order chi connectivity index (χ1) is 9.40. The van der Waals surface area contributed by atoms with E-state index in [0.29, 0.717) is 6.04 Å². The number of hydrogen-bond donors (Lipinski definition) is 1. The summed E-state index contributed by atoms with van der Waals surface area (Å²) < 4.78 is 4.86. The summed E-state index contributed by atoms with van der Waals surface area (Å²) in [6, 6.07) is 12.9. The van der Waals surface area contributed by atoms with Crippen molar-refractivity contribution in [1.82, 2.24) is 10.5 Å². The van der Waals surface area contributed by atoms with Gasteiger partial charge in [-0.3, -0.25) is 0 Å². The first-order valence-corrected chi connectivity index (χ1v) is 7.07. The average molecular weight is 258 g/mol. The predicted octanol–water partition coefficient (Wildman–Crippen LogP) is 4.09. The molecule has 1 heterocycles. The molecule has 1 aromatic carbocycles. The van der Waals surface area contributed by atoms with Gasteiger partial charge in [-0.05, 0) is 12.0 Å². The van der Waals surface area contributed by atoms with Crippen LogP contribution in [0.3, 0.4) is 0 Å². The van der Waals surface area contributed by atoms with Gasteiger partial charge in [0.2, 0.25) is 0 Å². The molecule has 0 bridgehead atoms. The summed E-state index contributed by atoms with van der Waals surface area (Å²) in [7, 11) is 0. The van der Waals surface area contributed by atoms with Crippen LogP contribution in [-0.2, 0) is 6.54 Å². The Morgan fingerprint density at radius 2 is 2.00 bits per heavy atom. The highest BCUT2D eigenvalue weighted by molar-refractivity contribution is 5.19. The highest BCUT2D eigenvalue weighted by atomic mass is 16.5. The van der Waals surface area contributed by atoms with E-state index in [2.05, 4.69) is 47.7 Å². The Balaban J connectivity index is 1.93. The third-order valence-corrected chi connectivity index (χ3v) is 3.32. The summed E-state index contributed by atoms with van der Waals surface area (Å²) in [6.07, 6.45) is 6.57. The van der Waals surface area contributed by atoms with Crippen LogP contribution in [0.4, 0.5) is 0 Å². The van der Waals surface area contributed by atoms with Crippen LogP contribution in [0.2, 0.25) is 0 Å². The standard InChI is InChI=1S/C16H22N2O/c1-2-3-5-10-16(14-8-6-4-7-9-14)17-13-15-11-12-19-18-15/h4,6-9,11-12,16-17H,2-3,5,10,13H2,1H3. The maximum Gasteiger partial charge on any atom is 0.124 e. The van der Waals surface area contributed by atoms with Crippen molar-refractivity contribution in [3.05, 3.63) is 53.9 Å². The van der Waals surface area contributed by atoms with Crippen molar-refractivity contribution < 1.29 is 4.52 Å². The first-order valence-electron chi connectivity index (χ1n) is 7.07. The third kappa shape index (κ3) is 4.52. The van der Waals surface area contributed by atoms with Gasteiger partial charge in [0.15, 0.2) is 0 Å². The fourth-order valence-corrected chi connectivity index (χ4v) is 2.23. The van der Waals surface area contributed by atoms with Crippen LogP contribution in [-0.4, -0.2) is 5.16 Å². The highest BCUT2D eigenvalue weighted by Gasteiger charge is 2.10. The monoisotopic (exact) mass is 258 g/mol. The molecule has 0 radical (unpaired) electrons. The number of hydrogen-bond acceptors (Lipinski definition) is 3. The van der Waals surface area contributed by atoms with Crippen LogP contribution in [0, 0.1) is 0 Å². The van der Waals surface area contributed by atoms with E-state index in [-0.39, 0.29) is 0 Å². The lowest BCUT2D eigenvalue weighted by molar-refractivity contribution is 0.401. The molecule has 1 atom stereocenters. The number of nitrogens with one attached hydrogen (secondary N) is 1. The number of nitrogens with zero attached hydrogens (tertiary/aromatic N) is 1. The summed E-state index contributed by atoms with van der Waals surface area (Å²) in [5, 5.41) is 7.52. The Morgan fingerprint density at radius 1 is 1.16 bits per heavy atom. The van der Waals surface area contributed by atoms with Crippen LogP contribution in [0.25, 0.3) is 0 Å². The molecular weight excluding hydrogens is 236 g/mol. The first kappa shape index (κ1) is 13.8. The molecule has 2 rings (SSSR count). The van der Waals surface area contributed by atoms with Gasteiger partial charge in [0, 0.05) is 18.7 Å². The minimum atomic E-state index is 0.393. The minimum Gasteiger partial charge on any atom is -0.364 e. The largest absolute Gasteiger partial charge is 0.364 e. The fraction of sp³-hybridized carbons (Fsp3) is 0.438. The second-order valence-corrected chi connectivity index (χ2v) is 4.83. The summed E-state index contributed by atoms with van der Waals surface area (Å²) >= 11 is 0. The zero-order chi connectivity index (χ0) is 13.3. The van der Waals surface area contributed by atoms with Gasteiger partial charge in [0.25, 0.3) is 0 Å². The molecule has 2 aromatic rings. The van der Waals surface area contributed by atoms with E-state index in [9.17, 15) is 0 Å². The van der Waals surface area contributed by atoms with E-state index >= 15 is 0 Å². The molecule has 0 aliphatic heterocycles. The lowest BCUT2D eigenvalue weighted by atomic mass is 10.0. The van der Waals surface area contributed by atoms with Gasteiger partial charge < -0.3 is 9.84 Å². The molecule has 3 heteroatoms. The molecule has 1 unspecified atom stereocenters. The summed E-state index contributed by atoms with van der Waals surface area (Å²) in [6.45, 7) is 2.99. The maximum absolute atomic E-state index is 4.86. The SMILES string of the molecule is CCCCCC(NCc1ccon1)c1ccccc1. The quantitative estimate of drug-likeness (QED) is 0.725. The van der Waals surface area contributed by atoms with E-state index in [4.69, 9.17) is 4.52 Å². The minimum absolute atomic E-state index is 0.393. The molecule has 1 N–H and O–H groups in total. The third-order valence-electron chi connectivity index (χ3n) is 3.32. The lowest BCUT2D eigenvalue weighted by Gasteiger charge is -2.18. The Labute approximate surface area is 115 Å². The van der Waals surface area contributed by atoms with Crippen LogP contribution < -0.4 is 5.32 Å². The molecule has 0 aliphatic carbocycles. The van der Waals surface area contributed by atoms with Gasteiger partial charge >= 0.3 is 0 Å². The van der Waals surface area contributed by atoms with E-state index in [0.717, 1.165) is 18.7 Å². The smallest absolute Gasteiger partial charge is 0.124 e. The number of rotatable bonds is 8. The summed E-state index contributed by atoms with van der Waals surface area (Å²) in [4.78, 5) is 0. The van der Waals surface area contributed by atoms with Crippen LogP contribution in [0.1, 0.15) is 49.9 Å². The van der Waals surface area contributed by atoms with E-state index in [1.54, 1.807) is 6.26 Å². The van der Waals surface area contributed by atoms with Gasteiger partial charge in [0.1, 0.15) is 6.26 Å². The molecule has 3 nitrogen and oxygen atoms in total. The van der Waals surface area contributed by atoms with Crippen LogP contribution >= 0.6 is 0 Å². The topological polar surface area (TPSA) is 38.1 Å². The van der Waals surface area contributed by atoms with Crippen molar-refractivity contribution in [2.24, 2.45) is 0 Å². The molecule has 0 saturated carbocycles. The molecule has 0 spiro atoms. The van der Waals surface area contributed by atoms with Crippen LogP contribution in [0.15, 0.2) is 47.2 Å². The normalized spacial score (nSPS) is 12.5. The second-order valence-electron chi connectivity index (χ2n) is 4.83. The highest BCUT2D eigenvalue weighted by Crippen LogP contribution is 2.20. The Bertz CT molecular complexity index is 439. The molecule has 0 saturated heterocycles. The fourth-order valence-electron chi connectivity index (χ4n) is 2.23. The second kappa shape index (κ2) is 7.74. The molecule has 0 amide bonds. The van der Waals surface area contributed by atoms with E-state index in [1.807, 2.05) is 6.07 Å². The Kier molecular flexibility index (Phi) is 5.63. The Morgan fingerprint density at radius 3 is 2.68 bits per heavy atom. The van der Waals surface area contributed by atoms with Crippen molar-refractivity contribution in [3.8, 4) is 0 Å². The number of aromatic nitrogens is 1. The van der Waals surface area contributed by atoms with Gasteiger partial charge in [-0.2, -0.15) is 0 Å². The van der Waals surface area contributed by atoms with Gasteiger partial charge in [-0.1, -0.05) is 61.7 Å². The Hall–Kier alpha value is -1.61. The lowest BCUT2D eigenvalue weighted by Crippen LogP contribution is -2.21. The van der Waals surface area contributed by atoms with Crippen molar-refractivity contribution >= 4 is 0 Å². The number of unbranched alkanes of at least 4 members (excludes halogenated alkanes) is 2. The molecule has 0 fully saturated rings. The van der Waals surface area contributed by atoms with E-state index in [1.165, 1.54) is 24.8 Å². The maximum atomic E-state index is 4.86.